The Labute approximate surface area is 145 Å². The second kappa shape index (κ2) is 6.72. The molecular formula is C16H18Cl2N4O. The number of benzene rings is 1. The van der Waals surface area contributed by atoms with Gasteiger partial charge in [0.25, 0.3) is 5.91 Å². The molecule has 0 saturated heterocycles. The van der Waals surface area contributed by atoms with E-state index in [0.717, 1.165) is 0 Å². The molecule has 0 atom stereocenters. The van der Waals surface area contributed by atoms with Crippen LogP contribution in [0.5, 0.6) is 0 Å². The van der Waals surface area contributed by atoms with Gasteiger partial charge in [-0.15, -0.1) is 0 Å². The number of hydrogen-bond acceptors (Lipinski definition) is 4. The summed E-state index contributed by atoms with van der Waals surface area (Å²) in [7, 11) is 0. The molecule has 0 fully saturated rings. The van der Waals surface area contributed by atoms with Gasteiger partial charge in [0.05, 0.1) is 10.7 Å². The number of rotatable bonds is 3. The number of hydrogen-bond donors (Lipinski definition) is 2. The predicted molar refractivity (Wildman–Crippen MR) is 94.6 cm³/mol. The van der Waals surface area contributed by atoms with E-state index in [1.165, 1.54) is 0 Å². The highest BCUT2D eigenvalue weighted by atomic mass is 35.5. The number of carbonyl (C=O) groups excluding carboxylic acids is 1. The predicted octanol–water partition coefficient (Wildman–Crippen LogP) is 4.55. The van der Waals surface area contributed by atoms with Crippen molar-refractivity contribution in [3.05, 3.63) is 45.7 Å². The van der Waals surface area contributed by atoms with Gasteiger partial charge in [-0.25, -0.2) is 9.97 Å². The van der Waals surface area contributed by atoms with Crippen molar-refractivity contribution in [2.45, 2.75) is 33.2 Å². The monoisotopic (exact) mass is 352 g/mol. The molecule has 7 heteroatoms. The maximum Gasteiger partial charge on any atom is 0.274 e. The van der Waals surface area contributed by atoms with E-state index < -0.39 is 0 Å². The standard InChI is InChI=1S/C16H18Cl2N4O/c1-9-7-13(21-15(19-9)22-16(2,3)4)14(23)20-12-8-10(17)5-6-11(12)18/h5-8H,1-4H3,(H,20,23)(H,19,21,22). The van der Waals surface area contributed by atoms with Crippen LogP contribution in [0.3, 0.4) is 0 Å². The van der Waals surface area contributed by atoms with Crippen molar-refractivity contribution < 1.29 is 4.79 Å². The minimum Gasteiger partial charge on any atom is -0.350 e. The summed E-state index contributed by atoms with van der Waals surface area (Å²) in [5, 5.41) is 6.75. The third kappa shape index (κ3) is 5.08. The Morgan fingerprint density at radius 2 is 1.83 bits per heavy atom. The molecule has 122 valence electrons. The largest absolute Gasteiger partial charge is 0.350 e. The van der Waals surface area contributed by atoms with Crippen LogP contribution in [0.25, 0.3) is 0 Å². The van der Waals surface area contributed by atoms with Crippen LogP contribution in [0.15, 0.2) is 24.3 Å². The molecule has 2 aromatic rings. The van der Waals surface area contributed by atoms with Gasteiger partial charge >= 0.3 is 0 Å². The number of nitrogens with one attached hydrogen (secondary N) is 2. The van der Waals surface area contributed by atoms with Gasteiger partial charge in [-0.3, -0.25) is 4.79 Å². The Balaban J connectivity index is 2.27. The first-order chi connectivity index (χ1) is 10.6. The summed E-state index contributed by atoms with van der Waals surface area (Å²) in [5.41, 5.74) is 1.16. The van der Waals surface area contributed by atoms with E-state index in [1.54, 1.807) is 31.2 Å². The van der Waals surface area contributed by atoms with Crippen LogP contribution in [0.2, 0.25) is 10.0 Å². The van der Waals surface area contributed by atoms with Crippen LogP contribution < -0.4 is 10.6 Å². The molecule has 1 aromatic heterocycles. The van der Waals surface area contributed by atoms with Crippen molar-refractivity contribution >= 4 is 40.7 Å². The van der Waals surface area contributed by atoms with Crippen molar-refractivity contribution in [3.8, 4) is 0 Å². The Morgan fingerprint density at radius 3 is 2.48 bits per heavy atom. The third-order valence-corrected chi connectivity index (χ3v) is 3.31. The molecule has 23 heavy (non-hydrogen) atoms. The van der Waals surface area contributed by atoms with Crippen molar-refractivity contribution in [2.24, 2.45) is 0 Å². The van der Waals surface area contributed by atoms with Crippen molar-refractivity contribution in [3.63, 3.8) is 0 Å². The molecule has 2 N–H and O–H groups in total. The van der Waals surface area contributed by atoms with E-state index in [9.17, 15) is 4.79 Å². The molecule has 0 unspecified atom stereocenters. The van der Waals surface area contributed by atoms with Crippen LogP contribution in [0, 0.1) is 6.92 Å². The molecule has 0 radical (unpaired) electrons. The summed E-state index contributed by atoms with van der Waals surface area (Å²) in [6, 6.07) is 6.48. The van der Waals surface area contributed by atoms with E-state index in [4.69, 9.17) is 23.2 Å². The first-order valence-corrected chi connectivity index (χ1v) is 7.80. The van der Waals surface area contributed by atoms with E-state index in [1.807, 2.05) is 20.8 Å². The summed E-state index contributed by atoms with van der Waals surface area (Å²) < 4.78 is 0. The number of nitrogens with zero attached hydrogens (tertiary/aromatic N) is 2. The first-order valence-electron chi connectivity index (χ1n) is 7.04. The lowest BCUT2D eigenvalue weighted by molar-refractivity contribution is 0.102. The molecule has 1 heterocycles. The van der Waals surface area contributed by atoms with Crippen molar-refractivity contribution in [1.82, 2.24) is 9.97 Å². The number of carbonyl (C=O) groups is 1. The van der Waals surface area contributed by atoms with E-state index >= 15 is 0 Å². The van der Waals surface area contributed by atoms with Crippen LogP contribution in [-0.4, -0.2) is 21.4 Å². The highest BCUT2D eigenvalue weighted by Crippen LogP contribution is 2.26. The molecule has 0 aliphatic heterocycles. The fourth-order valence-electron chi connectivity index (χ4n) is 1.86. The average molecular weight is 353 g/mol. The van der Waals surface area contributed by atoms with Crippen molar-refractivity contribution in [2.75, 3.05) is 10.6 Å². The zero-order valence-electron chi connectivity index (χ0n) is 13.4. The lowest BCUT2D eigenvalue weighted by Gasteiger charge is -2.20. The highest BCUT2D eigenvalue weighted by Gasteiger charge is 2.16. The Bertz CT molecular complexity index is 741. The molecule has 0 aliphatic rings. The lowest BCUT2D eigenvalue weighted by atomic mass is 10.1. The molecule has 2 rings (SSSR count). The van der Waals surface area contributed by atoms with E-state index in [2.05, 4.69) is 20.6 Å². The quantitative estimate of drug-likeness (QED) is 0.849. The zero-order chi connectivity index (χ0) is 17.2. The number of amides is 1. The molecule has 1 amide bonds. The minimum atomic E-state index is -0.378. The number of halogens is 2. The van der Waals surface area contributed by atoms with E-state index in [-0.39, 0.29) is 17.1 Å². The zero-order valence-corrected chi connectivity index (χ0v) is 14.9. The van der Waals surface area contributed by atoms with Gasteiger partial charge in [0.1, 0.15) is 5.69 Å². The van der Waals surface area contributed by atoms with Gasteiger partial charge in [-0.1, -0.05) is 23.2 Å². The van der Waals surface area contributed by atoms with Crippen LogP contribution >= 0.6 is 23.2 Å². The second-order valence-electron chi connectivity index (χ2n) is 6.17. The molecule has 0 bridgehead atoms. The summed E-state index contributed by atoms with van der Waals surface area (Å²) in [4.78, 5) is 21.0. The smallest absolute Gasteiger partial charge is 0.274 e. The van der Waals surface area contributed by atoms with Gasteiger partial charge in [0, 0.05) is 16.3 Å². The normalized spacial score (nSPS) is 11.2. The number of aromatic nitrogens is 2. The summed E-state index contributed by atoms with van der Waals surface area (Å²) in [6.07, 6.45) is 0. The lowest BCUT2D eigenvalue weighted by Crippen LogP contribution is -2.28. The molecular weight excluding hydrogens is 335 g/mol. The molecule has 0 aliphatic carbocycles. The minimum absolute atomic E-state index is 0.211. The van der Waals surface area contributed by atoms with Gasteiger partial charge in [0.2, 0.25) is 5.95 Å². The summed E-state index contributed by atoms with van der Waals surface area (Å²) in [6.45, 7) is 7.78. The van der Waals surface area contributed by atoms with Gasteiger partial charge in [-0.2, -0.15) is 0 Å². The second-order valence-corrected chi connectivity index (χ2v) is 7.02. The maximum atomic E-state index is 12.4. The maximum absolute atomic E-state index is 12.4. The fourth-order valence-corrected chi connectivity index (χ4v) is 2.19. The summed E-state index contributed by atoms with van der Waals surface area (Å²) >= 11 is 12.0. The Kier molecular flexibility index (Phi) is 5.12. The van der Waals surface area contributed by atoms with E-state index in [0.29, 0.717) is 27.4 Å². The van der Waals surface area contributed by atoms with Gasteiger partial charge < -0.3 is 10.6 Å². The fraction of sp³-hybridized carbons (Fsp3) is 0.312. The number of anilines is 2. The first kappa shape index (κ1) is 17.5. The Morgan fingerprint density at radius 1 is 1.13 bits per heavy atom. The topological polar surface area (TPSA) is 66.9 Å². The van der Waals surface area contributed by atoms with Crippen molar-refractivity contribution in [1.29, 1.82) is 0 Å². The third-order valence-electron chi connectivity index (χ3n) is 2.75. The van der Waals surface area contributed by atoms with Gasteiger partial charge in [-0.05, 0) is 52.0 Å². The summed E-state index contributed by atoms with van der Waals surface area (Å²) in [5.74, 6) is 0.0245. The molecule has 5 nitrogen and oxygen atoms in total. The van der Waals surface area contributed by atoms with Crippen LogP contribution in [-0.2, 0) is 0 Å². The number of aryl methyl sites for hydroxylation is 1. The Hall–Kier alpha value is -1.85. The molecule has 0 saturated carbocycles. The van der Waals surface area contributed by atoms with Crippen LogP contribution in [0.1, 0.15) is 37.0 Å². The van der Waals surface area contributed by atoms with Crippen LogP contribution in [0.4, 0.5) is 11.6 Å². The van der Waals surface area contributed by atoms with Gasteiger partial charge in [0.15, 0.2) is 0 Å². The average Bonchev–Trinajstić information content (AvgIpc) is 2.40. The highest BCUT2D eigenvalue weighted by molar-refractivity contribution is 6.35. The SMILES string of the molecule is Cc1cc(C(=O)Nc2cc(Cl)ccc2Cl)nc(NC(C)(C)C)n1. The molecule has 1 aromatic carbocycles. The molecule has 0 spiro atoms.